The van der Waals surface area contributed by atoms with Gasteiger partial charge in [-0.25, -0.2) is 14.8 Å². The van der Waals surface area contributed by atoms with Gasteiger partial charge in [0.25, 0.3) is 0 Å². The minimum absolute atomic E-state index is 0.463. The molecular formula is C14H19N3O2. The van der Waals surface area contributed by atoms with Gasteiger partial charge in [0.1, 0.15) is 0 Å². The van der Waals surface area contributed by atoms with Crippen LogP contribution in [0.5, 0.6) is 0 Å². The van der Waals surface area contributed by atoms with Crippen molar-refractivity contribution in [1.29, 1.82) is 0 Å². The third kappa shape index (κ3) is 3.10. The summed E-state index contributed by atoms with van der Waals surface area (Å²) in [7, 11) is 0. The predicted octanol–water partition coefficient (Wildman–Crippen LogP) is 2.34. The van der Waals surface area contributed by atoms with Crippen molar-refractivity contribution in [1.82, 2.24) is 9.97 Å². The van der Waals surface area contributed by atoms with Gasteiger partial charge in [-0.05, 0) is 32.3 Å². The predicted molar refractivity (Wildman–Crippen MR) is 74.0 cm³/mol. The van der Waals surface area contributed by atoms with Gasteiger partial charge in [-0.2, -0.15) is 0 Å². The SMILES string of the molecule is CCC1CCC(C)N1c1ncc(/C=C/C(=O)O)cn1. The van der Waals surface area contributed by atoms with E-state index in [2.05, 4.69) is 28.7 Å². The van der Waals surface area contributed by atoms with Gasteiger partial charge in [-0.3, -0.25) is 0 Å². The van der Waals surface area contributed by atoms with Crippen LogP contribution in [0.3, 0.4) is 0 Å². The lowest BCUT2D eigenvalue weighted by Gasteiger charge is -2.27. The summed E-state index contributed by atoms with van der Waals surface area (Å²) in [5.74, 6) is -0.229. The maximum absolute atomic E-state index is 10.4. The van der Waals surface area contributed by atoms with E-state index in [-0.39, 0.29) is 0 Å². The van der Waals surface area contributed by atoms with Crippen molar-refractivity contribution in [2.75, 3.05) is 4.90 Å². The third-order valence-electron chi connectivity index (χ3n) is 3.56. The molecule has 1 saturated heterocycles. The molecule has 2 unspecified atom stereocenters. The molecule has 1 aliphatic rings. The van der Waals surface area contributed by atoms with Crippen LogP contribution in [0, 0.1) is 0 Å². The minimum atomic E-state index is -0.969. The zero-order chi connectivity index (χ0) is 13.8. The van der Waals surface area contributed by atoms with Crippen LogP contribution in [0.2, 0.25) is 0 Å². The second kappa shape index (κ2) is 5.82. The van der Waals surface area contributed by atoms with Crippen molar-refractivity contribution in [2.45, 2.75) is 45.2 Å². The van der Waals surface area contributed by atoms with Crippen LogP contribution in [-0.2, 0) is 4.79 Å². The summed E-state index contributed by atoms with van der Waals surface area (Å²) >= 11 is 0. The molecule has 0 aromatic carbocycles. The molecule has 102 valence electrons. The van der Waals surface area contributed by atoms with E-state index >= 15 is 0 Å². The summed E-state index contributed by atoms with van der Waals surface area (Å²) in [5, 5.41) is 8.57. The van der Waals surface area contributed by atoms with Crippen molar-refractivity contribution in [3.8, 4) is 0 Å². The Balaban J connectivity index is 2.15. The molecule has 2 heterocycles. The number of hydrogen-bond acceptors (Lipinski definition) is 4. The Kier molecular flexibility index (Phi) is 4.14. The lowest BCUT2D eigenvalue weighted by Crippen LogP contribution is -2.35. The fourth-order valence-electron chi connectivity index (χ4n) is 2.55. The zero-order valence-corrected chi connectivity index (χ0v) is 11.3. The van der Waals surface area contributed by atoms with Crippen molar-refractivity contribution in [3.05, 3.63) is 24.0 Å². The zero-order valence-electron chi connectivity index (χ0n) is 11.3. The number of carbonyl (C=O) groups is 1. The molecule has 2 atom stereocenters. The van der Waals surface area contributed by atoms with Crippen LogP contribution in [0.1, 0.15) is 38.7 Å². The van der Waals surface area contributed by atoms with E-state index in [4.69, 9.17) is 5.11 Å². The molecule has 5 nitrogen and oxygen atoms in total. The number of nitrogens with zero attached hydrogens (tertiary/aromatic N) is 3. The summed E-state index contributed by atoms with van der Waals surface area (Å²) in [4.78, 5) is 21.4. The average Bonchev–Trinajstić information content (AvgIpc) is 2.78. The molecule has 1 aromatic rings. The minimum Gasteiger partial charge on any atom is -0.478 e. The first kappa shape index (κ1) is 13.5. The van der Waals surface area contributed by atoms with Crippen LogP contribution in [0.25, 0.3) is 6.08 Å². The standard InChI is InChI=1S/C14H19N3O2/c1-3-12-6-4-10(2)17(12)14-15-8-11(9-16-14)5-7-13(18)19/h5,7-10,12H,3-4,6H2,1-2H3,(H,18,19)/b7-5+. The number of aromatic nitrogens is 2. The normalized spacial score (nSPS) is 23.2. The van der Waals surface area contributed by atoms with Gasteiger partial charge in [0.15, 0.2) is 0 Å². The molecular weight excluding hydrogens is 242 g/mol. The van der Waals surface area contributed by atoms with Gasteiger partial charge in [0.2, 0.25) is 5.95 Å². The van der Waals surface area contributed by atoms with E-state index in [1.165, 1.54) is 18.9 Å². The van der Waals surface area contributed by atoms with Gasteiger partial charge in [-0.1, -0.05) is 6.92 Å². The highest BCUT2D eigenvalue weighted by atomic mass is 16.4. The van der Waals surface area contributed by atoms with Gasteiger partial charge in [-0.15, -0.1) is 0 Å². The number of anilines is 1. The van der Waals surface area contributed by atoms with E-state index in [0.29, 0.717) is 17.6 Å². The van der Waals surface area contributed by atoms with Crippen LogP contribution < -0.4 is 4.90 Å². The van der Waals surface area contributed by atoms with Gasteiger partial charge in [0, 0.05) is 36.1 Å². The summed E-state index contributed by atoms with van der Waals surface area (Å²) < 4.78 is 0. The molecule has 1 aliphatic heterocycles. The van der Waals surface area contributed by atoms with Crippen molar-refractivity contribution in [3.63, 3.8) is 0 Å². The highest BCUT2D eigenvalue weighted by Crippen LogP contribution is 2.29. The second-order valence-corrected chi connectivity index (χ2v) is 4.88. The molecule has 0 bridgehead atoms. The molecule has 1 fully saturated rings. The Labute approximate surface area is 113 Å². The van der Waals surface area contributed by atoms with Gasteiger partial charge >= 0.3 is 5.97 Å². The van der Waals surface area contributed by atoms with E-state index in [1.807, 2.05) is 0 Å². The average molecular weight is 261 g/mol. The summed E-state index contributed by atoms with van der Waals surface area (Å²) in [5.41, 5.74) is 0.700. The number of rotatable bonds is 4. The largest absolute Gasteiger partial charge is 0.478 e. The summed E-state index contributed by atoms with van der Waals surface area (Å²) in [6, 6.07) is 0.973. The quantitative estimate of drug-likeness (QED) is 0.843. The third-order valence-corrected chi connectivity index (χ3v) is 3.56. The van der Waals surface area contributed by atoms with Crippen molar-refractivity contribution >= 4 is 18.0 Å². The van der Waals surface area contributed by atoms with Crippen LogP contribution in [0.15, 0.2) is 18.5 Å². The fourth-order valence-corrected chi connectivity index (χ4v) is 2.55. The molecule has 0 amide bonds. The topological polar surface area (TPSA) is 66.3 Å². The number of aliphatic carboxylic acids is 1. The Morgan fingerprint density at radius 3 is 2.74 bits per heavy atom. The fraction of sp³-hybridized carbons (Fsp3) is 0.500. The summed E-state index contributed by atoms with van der Waals surface area (Å²) in [6.07, 6.45) is 9.36. The van der Waals surface area contributed by atoms with E-state index in [0.717, 1.165) is 18.4 Å². The van der Waals surface area contributed by atoms with Crippen LogP contribution >= 0.6 is 0 Å². The van der Waals surface area contributed by atoms with Gasteiger partial charge < -0.3 is 10.0 Å². The van der Waals surface area contributed by atoms with Crippen molar-refractivity contribution in [2.24, 2.45) is 0 Å². The molecule has 19 heavy (non-hydrogen) atoms. The smallest absolute Gasteiger partial charge is 0.328 e. The molecule has 0 spiro atoms. The Hall–Kier alpha value is -1.91. The molecule has 2 rings (SSSR count). The molecule has 1 N–H and O–H groups in total. The van der Waals surface area contributed by atoms with E-state index in [1.54, 1.807) is 12.4 Å². The molecule has 1 aromatic heterocycles. The van der Waals surface area contributed by atoms with E-state index in [9.17, 15) is 4.79 Å². The first-order chi connectivity index (χ1) is 9.11. The Morgan fingerprint density at radius 1 is 1.47 bits per heavy atom. The molecule has 0 radical (unpaired) electrons. The maximum atomic E-state index is 10.4. The Bertz CT molecular complexity index is 470. The highest BCUT2D eigenvalue weighted by molar-refractivity contribution is 5.85. The van der Waals surface area contributed by atoms with Crippen LogP contribution in [0.4, 0.5) is 5.95 Å². The molecule has 5 heteroatoms. The maximum Gasteiger partial charge on any atom is 0.328 e. The lowest BCUT2D eigenvalue weighted by atomic mass is 10.2. The van der Waals surface area contributed by atoms with Gasteiger partial charge in [0.05, 0.1) is 0 Å². The first-order valence-electron chi connectivity index (χ1n) is 6.63. The lowest BCUT2D eigenvalue weighted by molar-refractivity contribution is -0.131. The molecule has 0 aliphatic carbocycles. The monoisotopic (exact) mass is 261 g/mol. The molecule has 0 saturated carbocycles. The Morgan fingerprint density at radius 2 is 2.16 bits per heavy atom. The van der Waals surface area contributed by atoms with Crippen molar-refractivity contribution < 1.29 is 9.90 Å². The number of carboxylic acids is 1. The number of carboxylic acid groups (broad SMARTS) is 1. The number of hydrogen-bond donors (Lipinski definition) is 1. The highest BCUT2D eigenvalue weighted by Gasteiger charge is 2.30. The first-order valence-corrected chi connectivity index (χ1v) is 6.63. The second-order valence-electron chi connectivity index (χ2n) is 4.88. The van der Waals surface area contributed by atoms with Crippen LogP contribution in [-0.4, -0.2) is 33.1 Å². The summed E-state index contributed by atoms with van der Waals surface area (Å²) in [6.45, 7) is 4.37. The van der Waals surface area contributed by atoms with E-state index < -0.39 is 5.97 Å².